The smallest absolute Gasteiger partial charge is 0.261 e. The van der Waals surface area contributed by atoms with E-state index in [0.29, 0.717) is 27.8 Å². The highest BCUT2D eigenvalue weighted by molar-refractivity contribution is 6.06. The van der Waals surface area contributed by atoms with Gasteiger partial charge in [-0.15, -0.1) is 0 Å². The van der Waals surface area contributed by atoms with Gasteiger partial charge in [0.15, 0.2) is 0 Å². The van der Waals surface area contributed by atoms with Gasteiger partial charge in [-0.2, -0.15) is 0 Å². The Morgan fingerprint density at radius 3 is 1.95 bits per heavy atom. The van der Waals surface area contributed by atoms with Crippen LogP contribution in [0.3, 0.4) is 0 Å². The highest BCUT2D eigenvalue weighted by Gasteiger charge is 2.27. The number of carbonyl (C=O) groups is 1. The lowest BCUT2D eigenvalue weighted by Crippen LogP contribution is -2.25. The molecule has 1 amide bonds. The topological polar surface area (TPSA) is 91.4 Å². The van der Waals surface area contributed by atoms with Crippen molar-refractivity contribution in [1.82, 2.24) is 4.98 Å². The van der Waals surface area contributed by atoms with Crippen molar-refractivity contribution in [3.05, 3.63) is 69.5 Å². The monoisotopic (exact) mass is 538 g/mol. The zero-order valence-electron chi connectivity index (χ0n) is 26.1. The number of rotatable bonds is 5. The number of aromatic nitrogens is 1. The van der Waals surface area contributed by atoms with Crippen molar-refractivity contribution in [3.8, 4) is 5.75 Å². The molecule has 0 spiro atoms. The number of amides is 1. The maximum absolute atomic E-state index is 13.2. The number of para-hydroxylation sites is 1. The summed E-state index contributed by atoms with van der Waals surface area (Å²) in [6.07, 6.45) is 1.45. The van der Waals surface area contributed by atoms with Crippen LogP contribution < -0.4 is 15.5 Å². The molecular formula is C33H50N2O4. The average Bonchev–Trinajstić information content (AvgIpc) is 2.81. The van der Waals surface area contributed by atoms with Gasteiger partial charge in [0.05, 0.1) is 6.61 Å². The molecule has 0 unspecified atom stereocenters. The van der Waals surface area contributed by atoms with Crippen LogP contribution in [0.2, 0.25) is 0 Å². The molecule has 3 rings (SSSR count). The first-order valence-corrected chi connectivity index (χ1v) is 13.8. The van der Waals surface area contributed by atoms with Gasteiger partial charge in [0, 0.05) is 28.9 Å². The fraction of sp³-hybridized carbons (Fsp3) is 0.515. The molecule has 6 heteroatoms. The summed E-state index contributed by atoms with van der Waals surface area (Å²) in [7, 11) is 0. The predicted molar refractivity (Wildman–Crippen MR) is 165 cm³/mol. The van der Waals surface area contributed by atoms with Crippen LogP contribution in [-0.2, 0) is 10.8 Å². The third kappa shape index (κ3) is 10.2. The zero-order chi connectivity index (χ0) is 30.2. The molecule has 39 heavy (non-hydrogen) atoms. The fourth-order valence-corrected chi connectivity index (χ4v) is 3.69. The second-order valence-corrected chi connectivity index (χ2v) is 13.0. The highest BCUT2D eigenvalue weighted by atomic mass is 16.5. The van der Waals surface area contributed by atoms with Crippen LogP contribution in [0, 0.1) is 5.41 Å². The first-order valence-electron chi connectivity index (χ1n) is 13.8. The van der Waals surface area contributed by atoms with Gasteiger partial charge in [-0.3, -0.25) is 9.59 Å². The number of ether oxygens (including phenoxy) is 1. The van der Waals surface area contributed by atoms with E-state index in [0.717, 1.165) is 11.1 Å². The number of pyridine rings is 1. The number of aliphatic hydroxyl groups is 1. The van der Waals surface area contributed by atoms with Crippen LogP contribution >= 0.6 is 0 Å². The number of aromatic amines is 1. The second kappa shape index (κ2) is 13.8. The Morgan fingerprint density at radius 1 is 0.897 bits per heavy atom. The molecule has 2 aromatic carbocycles. The van der Waals surface area contributed by atoms with E-state index in [4.69, 9.17) is 4.74 Å². The van der Waals surface area contributed by atoms with Crippen molar-refractivity contribution in [2.75, 3.05) is 18.5 Å². The van der Waals surface area contributed by atoms with Crippen molar-refractivity contribution in [1.29, 1.82) is 0 Å². The van der Waals surface area contributed by atoms with Gasteiger partial charge in [-0.05, 0) is 45.6 Å². The van der Waals surface area contributed by atoms with Crippen LogP contribution in [0.25, 0.3) is 10.9 Å². The second-order valence-electron chi connectivity index (χ2n) is 13.0. The number of benzene rings is 2. The third-order valence-corrected chi connectivity index (χ3v) is 5.37. The molecule has 216 valence electrons. The van der Waals surface area contributed by atoms with Crippen LogP contribution in [0.15, 0.2) is 47.4 Å². The van der Waals surface area contributed by atoms with Crippen LogP contribution in [0.1, 0.15) is 105 Å². The standard InChI is InChI=1S/C26H32N2O4.C5H12.C2H6/c1-25(2,3)18-13-19(26(4,5)6)22(32-12-11-29)14-21(18)28-24(31)17-15-27-20-10-8-7-9-16(20)23(17)30;1-5(2,3)4;1-2/h7-10,13-15,29H,11-12H2,1-6H3,(H,27,30)(H,28,31);1-4H3;1-2H3. The van der Waals surface area contributed by atoms with E-state index in [1.54, 1.807) is 24.3 Å². The lowest BCUT2D eigenvalue weighted by atomic mass is 9.79. The van der Waals surface area contributed by atoms with Crippen molar-refractivity contribution in [3.63, 3.8) is 0 Å². The van der Waals surface area contributed by atoms with Gasteiger partial charge in [-0.1, -0.05) is 95.2 Å². The Balaban J connectivity index is 0.000000975. The summed E-state index contributed by atoms with van der Waals surface area (Å²) in [5.74, 6) is 0.112. The molecule has 0 aliphatic heterocycles. The summed E-state index contributed by atoms with van der Waals surface area (Å²) in [5.41, 5.74) is 2.92. The molecule has 0 atom stereocenters. The molecule has 0 aliphatic rings. The Hall–Kier alpha value is -3.12. The Labute approximate surface area is 235 Å². The van der Waals surface area contributed by atoms with E-state index >= 15 is 0 Å². The molecule has 3 N–H and O–H groups in total. The van der Waals surface area contributed by atoms with Gasteiger partial charge in [0.25, 0.3) is 5.91 Å². The Kier molecular flexibility index (Phi) is 12.0. The van der Waals surface area contributed by atoms with E-state index in [1.807, 2.05) is 26.0 Å². The van der Waals surface area contributed by atoms with Gasteiger partial charge in [0.1, 0.15) is 17.9 Å². The van der Waals surface area contributed by atoms with Gasteiger partial charge >= 0.3 is 0 Å². The predicted octanol–water partition coefficient (Wildman–Crippen LogP) is 7.83. The van der Waals surface area contributed by atoms with E-state index in [2.05, 4.69) is 79.5 Å². The minimum Gasteiger partial charge on any atom is -0.491 e. The van der Waals surface area contributed by atoms with Crippen molar-refractivity contribution in [2.45, 2.75) is 93.9 Å². The van der Waals surface area contributed by atoms with Crippen molar-refractivity contribution < 1.29 is 14.6 Å². The Bertz CT molecular complexity index is 1280. The fourth-order valence-electron chi connectivity index (χ4n) is 3.69. The number of fused-ring (bicyclic) bond motifs is 1. The molecule has 0 aliphatic carbocycles. The molecule has 6 nitrogen and oxygen atoms in total. The number of H-pyrrole nitrogens is 1. The normalized spacial score (nSPS) is 11.6. The summed E-state index contributed by atoms with van der Waals surface area (Å²) < 4.78 is 5.82. The number of carbonyl (C=O) groups excluding carboxylic acids is 1. The SMILES string of the molecule is CC.CC(C)(C)C.CC(C)(C)c1cc(C(C)(C)C)c(OCCO)cc1NC(=O)c1c[nH]c2ccccc2c1=O. The molecule has 1 heterocycles. The van der Waals surface area contributed by atoms with E-state index < -0.39 is 5.91 Å². The molecule has 0 saturated heterocycles. The molecule has 0 bridgehead atoms. The summed E-state index contributed by atoms with van der Waals surface area (Å²) >= 11 is 0. The molecule has 0 fully saturated rings. The maximum Gasteiger partial charge on any atom is 0.261 e. The average molecular weight is 539 g/mol. The van der Waals surface area contributed by atoms with Gasteiger partial charge < -0.3 is 20.1 Å². The lowest BCUT2D eigenvalue weighted by Gasteiger charge is -2.29. The van der Waals surface area contributed by atoms with Crippen LogP contribution in [0.5, 0.6) is 5.75 Å². The molecule has 0 saturated carbocycles. The lowest BCUT2D eigenvalue weighted by molar-refractivity contribution is 0.102. The number of nitrogens with one attached hydrogen (secondary N) is 2. The van der Waals surface area contributed by atoms with Crippen LogP contribution in [-0.4, -0.2) is 29.2 Å². The van der Waals surface area contributed by atoms with E-state index in [9.17, 15) is 14.7 Å². The quantitative estimate of drug-likeness (QED) is 0.309. The highest BCUT2D eigenvalue weighted by Crippen LogP contribution is 2.40. The minimum absolute atomic E-state index is 0.0429. The van der Waals surface area contributed by atoms with E-state index in [-0.39, 0.29) is 35.0 Å². The number of hydrogen-bond donors (Lipinski definition) is 3. The van der Waals surface area contributed by atoms with Crippen molar-refractivity contribution in [2.24, 2.45) is 5.41 Å². The molecule has 3 aromatic rings. The largest absolute Gasteiger partial charge is 0.491 e. The number of anilines is 1. The Morgan fingerprint density at radius 2 is 1.44 bits per heavy atom. The summed E-state index contributed by atoms with van der Waals surface area (Å²) in [5, 5.41) is 12.6. The third-order valence-electron chi connectivity index (χ3n) is 5.37. The first-order chi connectivity index (χ1) is 17.9. The van der Waals surface area contributed by atoms with Gasteiger partial charge in [-0.25, -0.2) is 0 Å². The maximum atomic E-state index is 13.2. The number of hydrogen-bond acceptors (Lipinski definition) is 4. The minimum atomic E-state index is -0.487. The summed E-state index contributed by atoms with van der Waals surface area (Å²) in [6.45, 7) is 25.3. The summed E-state index contributed by atoms with van der Waals surface area (Å²) in [4.78, 5) is 29.1. The zero-order valence-corrected chi connectivity index (χ0v) is 26.1. The summed E-state index contributed by atoms with van der Waals surface area (Å²) in [6, 6.07) is 10.9. The molecular weight excluding hydrogens is 488 g/mol. The van der Waals surface area contributed by atoms with Crippen LogP contribution in [0.4, 0.5) is 5.69 Å². The van der Waals surface area contributed by atoms with Gasteiger partial charge in [0.2, 0.25) is 5.43 Å². The van der Waals surface area contributed by atoms with E-state index in [1.165, 1.54) is 6.20 Å². The van der Waals surface area contributed by atoms with Crippen molar-refractivity contribution >= 4 is 22.5 Å². The molecule has 0 radical (unpaired) electrons. The number of aliphatic hydroxyl groups excluding tert-OH is 1. The molecule has 1 aromatic heterocycles. The first kappa shape index (κ1) is 33.9.